The van der Waals surface area contributed by atoms with Gasteiger partial charge >= 0.3 is 0 Å². The van der Waals surface area contributed by atoms with Gasteiger partial charge in [0.15, 0.2) is 0 Å². The average molecular weight is 1910 g/mol. The van der Waals surface area contributed by atoms with Crippen molar-refractivity contribution < 1.29 is 9.47 Å². The molecule has 3 aliphatic rings. The Labute approximate surface area is 822 Å². The third-order valence-electron chi connectivity index (χ3n) is 28.8. The molecule has 0 bridgehead atoms. The van der Waals surface area contributed by atoms with Gasteiger partial charge in [0.25, 0.3) is 0 Å². The summed E-state index contributed by atoms with van der Waals surface area (Å²) in [4.78, 5) is 22.6. The molecule has 0 atom stereocenters. The molecule has 3 aliphatic carbocycles. The molecule has 2 saturated carbocycles. The maximum atomic E-state index is 7.52. The van der Waals surface area contributed by atoms with Crippen molar-refractivity contribution in [2.24, 2.45) is 0 Å². The van der Waals surface area contributed by atoms with E-state index in [9.17, 15) is 0 Å². The van der Waals surface area contributed by atoms with Crippen LogP contribution in [-0.4, -0.2) is 21.0 Å². The third kappa shape index (κ3) is 25.0. The van der Waals surface area contributed by atoms with E-state index in [0.29, 0.717) is 0 Å². The van der Waals surface area contributed by atoms with Gasteiger partial charge in [0, 0.05) is 84.8 Å². The number of ether oxygens (including phenoxy) is 2. The lowest BCUT2D eigenvalue weighted by Crippen LogP contribution is -2.25. The van der Waals surface area contributed by atoms with Crippen molar-refractivity contribution in [2.45, 2.75) is 434 Å². The van der Waals surface area contributed by atoms with E-state index in [4.69, 9.17) is 18.2 Å². The topological polar surface area (TPSA) is 44.2 Å². The minimum atomic E-state index is 0.0710. The van der Waals surface area contributed by atoms with Crippen molar-refractivity contribution >= 4 is 113 Å². The molecule has 3 aromatic carbocycles. The standard InChI is InChI=1S/C117H156N2O2S9/c1-11-19-27-35-37-51-69-117(70-52-38-36-28-20-12-2)96-67-63-81(9)71-94(96)95-73-83(64-68-97(95)117)100-74-85(54-42-30-22-14-4)110(123-100)104-76-87(56-44-32-24-16-6)112(127-104)114-89(58-46-34-26-18-8)78-106(129-114)116-99(121-91-61-49-40-50-62-91)80-102(125-116)93-66-65-92(107-108(93)119-130-118-107)101-79-98(120-90-59-47-39-48-60-90)115(124-101)105-77-88(57-45-33-25-17-7)113(128-105)111-86(55-43-31-23-15-5)75-103(126-111)109-84(72-82(10)122-109)53-41-29-21-13-3/h63-68,71-80,90-91H,11-62,69-70H2,1-10H3. The molecule has 9 heterocycles. The van der Waals surface area contributed by atoms with Crippen molar-refractivity contribution in [1.29, 1.82) is 0 Å². The van der Waals surface area contributed by atoms with Gasteiger partial charge in [-0.25, -0.2) is 0 Å². The number of hydrogen-bond acceptors (Lipinski definition) is 13. The number of hydrogen-bond donors (Lipinski definition) is 0. The number of fused-ring (bicyclic) bond motifs is 4. The molecule has 0 N–H and O–H groups in total. The van der Waals surface area contributed by atoms with Crippen LogP contribution in [0.3, 0.4) is 0 Å². The molecule has 12 aromatic rings. The summed E-state index contributed by atoms with van der Waals surface area (Å²) in [5, 5.41) is 0. The molecule has 0 radical (unpaired) electrons. The maximum Gasteiger partial charge on any atom is 0.139 e. The first-order valence-electron chi connectivity index (χ1n) is 52.8. The molecular formula is C117H156N2O2S9. The molecule has 15 rings (SSSR count). The molecule has 4 nitrogen and oxygen atoms in total. The van der Waals surface area contributed by atoms with Crippen molar-refractivity contribution in [3.63, 3.8) is 0 Å². The second kappa shape index (κ2) is 50.7. The van der Waals surface area contributed by atoms with Crippen molar-refractivity contribution in [1.82, 2.24) is 8.75 Å². The largest absolute Gasteiger partial charge is 0.489 e. The molecule has 2 fully saturated rings. The molecule has 0 saturated heterocycles. The average Bonchev–Trinajstić information content (AvgIpc) is 1.56. The molecule has 130 heavy (non-hydrogen) atoms. The van der Waals surface area contributed by atoms with Gasteiger partial charge in [0.1, 0.15) is 22.5 Å². The summed E-state index contributed by atoms with van der Waals surface area (Å²) in [6, 6.07) is 40.9. The van der Waals surface area contributed by atoms with Crippen molar-refractivity contribution in [3.8, 4) is 112 Å². The Kier molecular flexibility index (Phi) is 38.6. The number of nitrogens with zero attached hydrogens (tertiary/aromatic N) is 2. The molecule has 0 amide bonds. The first kappa shape index (κ1) is 99.2. The summed E-state index contributed by atoms with van der Waals surface area (Å²) in [7, 11) is 0. The fourth-order valence-corrected chi connectivity index (χ4v) is 32.2. The molecular weight excluding hydrogens is 1750 g/mol. The molecule has 0 unspecified atom stereocenters. The lowest BCUT2D eigenvalue weighted by molar-refractivity contribution is 0.156. The van der Waals surface area contributed by atoms with E-state index < -0.39 is 0 Å². The minimum absolute atomic E-state index is 0.0710. The molecule has 0 aliphatic heterocycles. The van der Waals surface area contributed by atoms with E-state index in [-0.39, 0.29) is 17.6 Å². The molecule has 0 spiro atoms. The summed E-state index contributed by atoms with van der Waals surface area (Å²) in [5.74, 6) is 2.10. The summed E-state index contributed by atoms with van der Waals surface area (Å²) in [6.07, 6.45) is 67.9. The van der Waals surface area contributed by atoms with Gasteiger partial charge in [-0.15, -0.1) is 90.7 Å². The van der Waals surface area contributed by atoms with E-state index >= 15 is 0 Å². The van der Waals surface area contributed by atoms with Gasteiger partial charge in [0.05, 0.1) is 33.7 Å². The number of rotatable bonds is 57. The predicted octanol–water partition coefficient (Wildman–Crippen LogP) is 41.7. The SMILES string of the molecule is CCCCCCCCC1(CCCCCCCC)c2ccc(C)cc2-c2cc(-c3cc(CCCCCC)c(-c4cc(CCCCCC)c(-c5sc(-c6sc(-c7ccc(-c8cc(OC9CCCCC9)c(-c9cc(CCCCCC)c(-c%10sc(-c%11sc(C)cc%11CCCCCC)cc%10CCCCCC)s9)s8)c8nsnc78)cc6OC6CCCCC6)cc5CCCCCC)s4)s3)ccc21. The zero-order chi connectivity index (χ0) is 90.0. The summed E-state index contributed by atoms with van der Waals surface area (Å²) >= 11 is 17.7. The van der Waals surface area contributed by atoms with E-state index in [1.165, 1.54) is 412 Å². The van der Waals surface area contributed by atoms with Crippen LogP contribution in [0.4, 0.5) is 0 Å². The van der Waals surface area contributed by atoms with Crippen LogP contribution in [-0.2, 0) is 43.9 Å². The second-order valence-electron chi connectivity index (χ2n) is 39.3. The lowest BCUT2D eigenvalue weighted by Gasteiger charge is -2.33. The Bertz CT molecular complexity index is 5440. The number of thiophene rings is 8. The highest BCUT2D eigenvalue weighted by atomic mass is 32.1. The van der Waals surface area contributed by atoms with E-state index in [0.717, 1.165) is 91.4 Å². The highest BCUT2D eigenvalue weighted by Gasteiger charge is 2.43. The minimum Gasteiger partial charge on any atom is -0.489 e. The van der Waals surface area contributed by atoms with E-state index in [1.807, 2.05) is 34.0 Å². The van der Waals surface area contributed by atoms with Crippen molar-refractivity contribution in [3.05, 3.63) is 152 Å². The van der Waals surface area contributed by atoms with Gasteiger partial charge in [-0.05, 0) is 271 Å². The van der Waals surface area contributed by atoms with E-state index in [2.05, 4.69) is 223 Å². The van der Waals surface area contributed by atoms with Gasteiger partial charge < -0.3 is 9.47 Å². The van der Waals surface area contributed by atoms with E-state index in [1.54, 1.807) is 33.4 Å². The van der Waals surface area contributed by atoms with Gasteiger partial charge in [-0.2, -0.15) is 8.75 Å². The number of unbranched alkanes of at least 4 members (excludes halogenated alkanes) is 28. The Morgan fingerprint density at radius 2 is 0.592 bits per heavy atom. The Balaban J connectivity index is 0.804. The molecule has 9 aromatic heterocycles. The summed E-state index contributed by atoms with van der Waals surface area (Å²) < 4.78 is 25.6. The third-order valence-corrected chi connectivity index (χ3v) is 39.7. The molecule has 700 valence electrons. The maximum absolute atomic E-state index is 7.52. The van der Waals surface area contributed by atoms with Crippen LogP contribution >= 0.6 is 102 Å². The fraction of sp³-hybridized carbons (Fsp3) is 0.573. The monoisotopic (exact) mass is 1910 g/mol. The lowest BCUT2D eigenvalue weighted by atomic mass is 9.70. The predicted molar refractivity (Wildman–Crippen MR) is 583 cm³/mol. The Morgan fingerprint density at radius 3 is 0.992 bits per heavy atom. The van der Waals surface area contributed by atoms with Crippen LogP contribution < -0.4 is 9.47 Å². The van der Waals surface area contributed by atoms with Gasteiger partial charge in [-0.3, -0.25) is 0 Å². The first-order valence-corrected chi connectivity index (χ1v) is 60.1. The second-order valence-corrected chi connectivity index (χ2v) is 48.5. The quantitative estimate of drug-likeness (QED) is 0.0356. The molecule has 13 heteroatoms. The van der Waals surface area contributed by atoms with Crippen LogP contribution in [0.5, 0.6) is 11.5 Å². The highest BCUT2D eigenvalue weighted by Crippen LogP contribution is 2.60. The van der Waals surface area contributed by atoms with Crippen LogP contribution in [0.25, 0.3) is 112 Å². The first-order chi connectivity index (χ1) is 63.9. The Hall–Kier alpha value is -5.32. The normalized spacial score (nSPS) is 14.2. The van der Waals surface area contributed by atoms with Crippen LogP contribution in [0.2, 0.25) is 0 Å². The van der Waals surface area contributed by atoms with Crippen LogP contribution in [0.15, 0.2) is 97.1 Å². The number of aryl methyl sites for hydroxylation is 8. The Morgan fingerprint density at radius 1 is 0.277 bits per heavy atom. The smallest absolute Gasteiger partial charge is 0.139 e. The summed E-state index contributed by atoms with van der Waals surface area (Å²) in [6.45, 7) is 23.5. The van der Waals surface area contributed by atoms with Crippen LogP contribution in [0, 0.1) is 13.8 Å². The highest BCUT2D eigenvalue weighted by molar-refractivity contribution is 7.31. The van der Waals surface area contributed by atoms with Crippen molar-refractivity contribution in [2.75, 3.05) is 0 Å². The van der Waals surface area contributed by atoms with Crippen LogP contribution in [0.1, 0.15) is 419 Å². The zero-order valence-electron chi connectivity index (χ0n) is 81.5. The van der Waals surface area contributed by atoms with Gasteiger partial charge in [0.2, 0.25) is 0 Å². The number of aromatic nitrogens is 2. The number of benzene rings is 3. The fourth-order valence-electron chi connectivity index (χ4n) is 21.4. The van der Waals surface area contributed by atoms with Gasteiger partial charge in [-0.1, -0.05) is 309 Å². The zero-order valence-corrected chi connectivity index (χ0v) is 88.8. The summed E-state index contributed by atoms with van der Waals surface area (Å²) in [5.41, 5.74) is 22.7.